The highest BCUT2D eigenvalue weighted by molar-refractivity contribution is 5.98. The summed E-state index contributed by atoms with van der Waals surface area (Å²) in [4.78, 5) is 33.7. The van der Waals surface area contributed by atoms with Crippen LogP contribution in [0.2, 0.25) is 0 Å². The first kappa shape index (κ1) is 19.5. The lowest BCUT2D eigenvalue weighted by Gasteiger charge is -2.48. The maximum atomic E-state index is 13.1. The van der Waals surface area contributed by atoms with Crippen molar-refractivity contribution in [3.05, 3.63) is 42.1 Å². The van der Waals surface area contributed by atoms with Crippen LogP contribution in [-0.4, -0.2) is 64.0 Å². The van der Waals surface area contributed by atoms with Crippen molar-refractivity contribution in [3.8, 4) is 0 Å². The number of ether oxygens (including phenoxy) is 1. The van der Waals surface area contributed by atoms with Gasteiger partial charge in [0.05, 0.1) is 11.1 Å². The number of carbonyl (C=O) groups excluding carboxylic acids is 2. The van der Waals surface area contributed by atoms with Crippen LogP contribution in [0.3, 0.4) is 0 Å². The van der Waals surface area contributed by atoms with Gasteiger partial charge in [0.1, 0.15) is 0 Å². The summed E-state index contributed by atoms with van der Waals surface area (Å²) in [5, 5.41) is 0.986. The van der Waals surface area contributed by atoms with Gasteiger partial charge in [0.15, 0.2) is 0 Å². The summed E-state index contributed by atoms with van der Waals surface area (Å²) in [7, 11) is 0. The fourth-order valence-corrected chi connectivity index (χ4v) is 5.26. The number of fused-ring (bicyclic) bond motifs is 1. The van der Waals surface area contributed by atoms with E-state index >= 15 is 0 Å². The van der Waals surface area contributed by atoms with Gasteiger partial charge in [-0.1, -0.05) is 6.07 Å². The summed E-state index contributed by atoms with van der Waals surface area (Å²) in [5.41, 5.74) is 1.42. The maximum Gasteiger partial charge on any atom is 0.253 e. The standard InChI is InChI=1S/C24H29N3O3/c1-17(28)27(20-5-6-20)21-8-14-30-24(16-21)9-12-26(13-10-24)23(29)19-4-7-22-18(15-19)3-2-11-25-22/h2-4,7,11,15,20-21H,5-6,8-10,12-14,16H2,1H3. The van der Waals surface area contributed by atoms with Crippen LogP contribution in [0.15, 0.2) is 36.5 Å². The minimum atomic E-state index is -0.199. The molecule has 1 aliphatic carbocycles. The smallest absolute Gasteiger partial charge is 0.253 e. The third-order valence-corrected chi connectivity index (χ3v) is 6.98. The first-order valence-electron chi connectivity index (χ1n) is 11.1. The fourth-order valence-electron chi connectivity index (χ4n) is 5.26. The van der Waals surface area contributed by atoms with Crippen LogP contribution in [0, 0.1) is 0 Å². The van der Waals surface area contributed by atoms with E-state index in [0.29, 0.717) is 31.3 Å². The summed E-state index contributed by atoms with van der Waals surface area (Å²) in [5.74, 6) is 0.268. The van der Waals surface area contributed by atoms with E-state index in [1.807, 2.05) is 35.2 Å². The summed E-state index contributed by atoms with van der Waals surface area (Å²) in [6, 6.07) is 10.3. The average molecular weight is 408 g/mol. The van der Waals surface area contributed by atoms with Gasteiger partial charge in [-0.3, -0.25) is 14.6 Å². The summed E-state index contributed by atoms with van der Waals surface area (Å²) in [6.07, 6.45) is 7.52. The molecule has 2 aliphatic heterocycles. The topological polar surface area (TPSA) is 62.7 Å². The van der Waals surface area contributed by atoms with Crippen LogP contribution >= 0.6 is 0 Å². The van der Waals surface area contributed by atoms with Gasteiger partial charge in [0, 0.05) is 55.9 Å². The highest BCUT2D eigenvalue weighted by atomic mass is 16.5. The number of hydrogen-bond donors (Lipinski definition) is 0. The van der Waals surface area contributed by atoms with Crippen LogP contribution in [0.4, 0.5) is 0 Å². The molecular formula is C24H29N3O3. The van der Waals surface area contributed by atoms with Crippen molar-refractivity contribution in [3.63, 3.8) is 0 Å². The molecular weight excluding hydrogens is 378 g/mol. The number of hydrogen-bond acceptors (Lipinski definition) is 4. The lowest BCUT2D eigenvalue weighted by atomic mass is 9.81. The van der Waals surface area contributed by atoms with Gasteiger partial charge in [-0.15, -0.1) is 0 Å². The predicted molar refractivity (Wildman–Crippen MR) is 114 cm³/mol. The molecule has 1 spiro atoms. The van der Waals surface area contributed by atoms with E-state index in [0.717, 1.165) is 49.4 Å². The largest absolute Gasteiger partial charge is 0.375 e. The molecule has 2 saturated heterocycles. The Morgan fingerprint density at radius 3 is 2.67 bits per heavy atom. The van der Waals surface area contributed by atoms with Gasteiger partial charge in [0.2, 0.25) is 5.91 Å². The first-order chi connectivity index (χ1) is 14.5. The summed E-state index contributed by atoms with van der Waals surface area (Å²) in [6.45, 7) is 3.79. The second-order valence-electron chi connectivity index (χ2n) is 9.04. The molecule has 5 rings (SSSR count). The van der Waals surface area contributed by atoms with Gasteiger partial charge in [0.25, 0.3) is 5.91 Å². The normalized spacial score (nSPS) is 23.5. The Labute approximate surface area is 177 Å². The maximum absolute atomic E-state index is 13.1. The van der Waals surface area contributed by atoms with Crippen LogP contribution in [0.1, 0.15) is 55.8 Å². The van der Waals surface area contributed by atoms with Crippen molar-refractivity contribution in [2.24, 2.45) is 0 Å². The van der Waals surface area contributed by atoms with E-state index in [1.54, 1.807) is 13.1 Å². The molecule has 30 heavy (non-hydrogen) atoms. The third kappa shape index (κ3) is 3.69. The van der Waals surface area contributed by atoms with Crippen LogP contribution < -0.4 is 0 Å². The number of rotatable bonds is 3. The first-order valence-corrected chi connectivity index (χ1v) is 11.1. The lowest BCUT2D eigenvalue weighted by molar-refractivity contribution is -0.148. The Balaban J connectivity index is 1.26. The fraction of sp³-hybridized carbons (Fsp3) is 0.542. The molecule has 1 atom stereocenters. The Bertz CT molecular complexity index is 963. The number of likely N-dealkylation sites (tertiary alicyclic amines) is 1. The van der Waals surface area contributed by atoms with Gasteiger partial charge < -0.3 is 14.5 Å². The number of piperidine rings is 1. The molecule has 3 aliphatic rings. The predicted octanol–water partition coefficient (Wildman–Crippen LogP) is 3.40. The Kier molecular flexibility index (Phi) is 4.97. The Morgan fingerprint density at radius 2 is 1.93 bits per heavy atom. The molecule has 6 heteroatoms. The second-order valence-corrected chi connectivity index (χ2v) is 9.04. The molecule has 1 aromatic heterocycles. The van der Waals surface area contributed by atoms with E-state index in [2.05, 4.69) is 9.88 Å². The Hall–Kier alpha value is -2.47. The molecule has 1 aromatic carbocycles. The van der Waals surface area contributed by atoms with E-state index in [9.17, 15) is 9.59 Å². The van der Waals surface area contributed by atoms with Crippen molar-refractivity contribution >= 4 is 22.7 Å². The minimum absolute atomic E-state index is 0.0753. The quantitative estimate of drug-likeness (QED) is 0.782. The number of carbonyl (C=O) groups is 2. The molecule has 0 N–H and O–H groups in total. The van der Waals surface area contributed by atoms with Gasteiger partial charge in [-0.05, 0) is 62.8 Å². The Morgan fingerprint density at radius 1 is 1.13 bits per heavy atom. The van der Waals surface area contributed by atoms with E-state index in [4.69, 9.17) is 4.74 Å². The number of aromatic nitrogens is 1. The molecule has 1 unspecified atom stereocenters. The highest BCUT2D eigenvalue weighted by Gasteiger charge is 2.45. The monoisotopic (exact) mass is 407 g/mol. The van der Waals surface area contributed by atoms with E-state index < -0.39 is 0 Å². The lowest BCUT2D eigenvalue weighted by Crippen LogP contribution is -2.55. The molecule has 6 nitrogen and oxygen atoms in total. The van der Waals surface area contributed by atoms with Crippen LogP contribution in [-0.2, 0) is 9.53 Å². The molecule has 1 saturated carbocycles. The zero-order chi connectivity index (χ0) is 20.7. The zero-order valence-corrected chi connectivity index (χ0v) is 17.5. The van der Waals surface area contributed by atoms with Crippen molar-refractivity contribution in [2.75, 3.05) is 19.7 Å². The van der Waals surface area contributed by atoms with Crippen LogP contribution in [0.25, 0.3) is 10.9 Å². The summed E-state index contributed by atoms with van der Waals surface area (Å²) >= 11 is 0. The van der Waals surface area contributed by atoms with Crippen LogP contribution in [0.5, 0.6) is 0 Å². The molecule has 0 bridgehead atoms. The van der Waals surface area contributed by atoms with E-state index in [1.165, 1.54) is 0 Å². The summed E-state index contributed by atoms with van der Waals surface area (Å²) < 4.78 is 6.27. The molecule has 3 heterocycles. The van der Waals surface area contributed by atoms with Gasteiger partial charge >= 0.3 is 0 Å². The molecule has 158 valence electrons. The average Bonchev–Trinajstić information content (AvgIpc) is 3.58. The number of benzene rings is 1. The van der Waals surface area contributed by atoms with Gasteiger partial charge in [-0.2, -0.15) is 0 Å². The number of nitrogens with zero attached hydrogens (tertiary/aromatic N) is 3. The van der Waals surface area contributed by atoms with E-state index in [-0.39, 0.29) is 23.5 Å². The molecule has 0 radical (unpaired) electrons. The van der Waals surface area contributed by atoms with Crippen molar-refractivity contribution in [1.82, 2.24) is 14.8 Å². The second kappa shape index (κ2) is 7.65. The van der Waals surface area contributed by atoms with Gasteiger partial charge in [-0.25, -0.2) is 0 Å². The molecule has 2 amide bonds. The number of pyridine rings is 1. The number of amides is 2. The zero-order valence-electron chi connectivity index (χ0n) is 17.5. The molecule has 3 fully saturated rings. The minimum Gasteiger partial charge on any atom is -0.375 e. The molecule has 2 aromatic rings. The van der Waals surface area contributed by atoms with Crippen molar-refractivity contribution < 1.29 is 14.3 Å². The third-order valence-electron chi connectivity index (χ3n) is 6.98. The van der Waals surface area contributed by atoms with Crippen molar-refractivity contribution in [2.45, 2.75) is 63.1 Å². The highest BCUT2D eigenvalue weighted by Crippen LogP contribution is 2.40. The SMILES string of the molecule is CC(=O)N(C1CC1)C1CCOC2(CCN(C(=O)c3ccc4ncccc4c3)CC2)C1. The van der Waals surface area contributed by atoms with Crippen molar-refractivity contribution in [1.29, 1.82) is 0 Å².